The second-order valence-electron chi connectivity index (χ2n) is 6.66. The fraction of sp³-hybridized carbons (Fsp3) is 0.136. The van der Waals surface area contributed by atoms with Crippen molar-refractivity contribution >= 4 is 34.7 Å². The number of rotatable bonds is 6. The second-order valence-corrected chi connectivity index (χ2v) is 7.93. The standard InChI is InChI=1S/C22H19ClN4OS/c1-15-11-20(27(26-15)13-16-7-3-2-4-8-16)25-21(28)12-17-14-29-22(24-17)18-9-5-6-10-19(18)23/h2-11,14H,12-13H2,1H3,(H,25,28). The fourth-order valence-electron chi connectivity index (χ4n) is 3.02. The zero-order chi connectivity index (χ0) is 20.2. The first kappa shape index (κ1) is 19.4. The molecule has 0 aliphatic carbocycles. The van der Waals surface area contributed by atoms with Gasteiger partial charge < -0.3 is 5.32 Å². The number of nitrogens with zero attached hydrogens (tertiary/aromatic N) is 3. The number of aromatic nitrogens is 3. The van der Waals surface area contributed by atoms with Crippen molar-refractivity contribution in [2.75, 3.05) is 5.32 Å². The van der Waals surface area contributed by atoms with Gasteiger partial charge in [0.2, 0.25) is 5.91 Å². The van der Waals surface area contributed by atoms with E-state index in [1.54, 1.807) is 4.68 Å². The van der Waals surface area contributed by atoms with Crippen molar-refractivity contribution in [3.05, 3.63) is 88.0 Å². The molecule has 7 heteroatoms. The Morgan fingerprint density at radius 2 is 1.90 bits per heavy atom. The monoisotopic (exact) mass is 422 g/mol. The van der Waals surface area contributed by atoms with Crippen LogP contribution in [0, 0.1) is 6.92 Å². The minimum Gasteiger partial charge on any atom is -0.311 e. The molecule has 2 aromatic heterocycles. The summed E-state index contributed by atoms with van der Waals surface area (Å²) < 4.78 is 1.80. The highest BCUT2D eigenvalue weighted by Crippen LogP contribution is 2.30. The number of nitrogens with one attached hydrogen (secondary N) is 1. The lowest BCUT2D eigenvalue weighted by Crippen LogP contribution is -2.18. The number of amides is 1. The van der Waals surface area contributed by atoms with Gasteiger partial charge in [-0.15, -0.1) is 11.3 Å². The van der Waals surface area contributed by atoms with Gasteiger partial charge in [-0.05, 0) is 18.6 Å². The molecule has 0 fully saturated rings. The number of aryl methyl sites for hydroxylation is 1. The Kier molecular flexibility index (Phi) is 5.74. The first-order chi connectivity index (χ1) is 14.1. The lowest BCUT2D eigenvalue weighted by atomic mass is 10.2. The van der Waals surface area contributed by atoms with Crippen LogP contribution in [0.2, 0.25) is 5.02 Å². The molecule has 5 nitrogen and oxygen atoms in total. The van der Waals surface area contributed by atoms with Crippen molar-refractivity contribution in [2.45, 2.75) is 19.9 Å². The summed E-state index contributed by atoms with van der Waals surface area (Å²) in [5.41, 5.74) is 3.57. The van der Waals surface area contributed by atoms with Gasteiger partial charge in [-0.2, -0.15) is 5.10 Å². The smallest absolute Gasteiger partial charge is 0.231 e. The van der Waals surface area contributed by atoms with Gasteiger partial charge in [-0.25, -0.2) is 9.67 Å². The number of halogens is 1. The van der Waals surface area contributed by atoms with Crippen LogP contribution in [0.3, 0.4) is 0 Å². The highest BCUT2D eigenvalue weighted by atomic mass is 35.5. The summed E-state index contributed by atoms with van der Waals surface area (Å²) in [6.45, 7) is 2.51. The maximum Gasteiger partial charge on any atom is 0.231 e. The predicted molar refractivity (Wildman–Crippen MR) is 117 cm³/mol. The van der Waals surface area contributed by atoms with Crippen LogP contribution in [-0.4, -0.2) is 20.7 Å². The van der Waals surface area contributed by atoms with E-state index in [0.29, 0.717) is 23.1 Å². The van der Waals surface area contributed by atoms with Gasteiger partial charge in [-0.1, -0.05) is 60.1 Å². The fourth-order valence-corrected chi connectivity index (χ4v) is 4.16. The summed E-state index contributed by atoms with van der Waals surface area (Å²) in [5, 5.41) is 10.8. The Labute approximate surface area is 178 Å². The van der Waals surface area contributed by atoms with Crippen LogP contribution in [0.1, 0.15) is 17.0 Å². The molecular weight excluding hydrogens is 404 g/mol. The Morgan fingerprint density at radius 3 is 2.69 bits per heavy atom. The van der Waals surface area contributed by atoms with E-state index in [1.807, 2.05) is 73.0 Å². The molecule has 0 unspecified atom stereocenters. The number of anilines is 1. The summed E-state index contributed by atoms with van der Waals surface area (Å²) in [4.78, 5) is 17.2. The minimum absolute atomic E-state index is 0.129. The average Bonchev–Trinajstić information content (AvgIpc) is 3.29. The maximum atomic E-state index is 12.6. The van der Waals surface area contributed by atoms with Gasteiger partial charge in [0, 0.05) is 17.0 Å². The van der Waals surface area contributed by atoms with Crippen molar-refractivity contribution in [3.63, 3.8) is 0 Å². The Morgan fingerprint density at radius 1 is 1.14 bits per heavy atom. The molecule has 0 spiro atoms. The van der Waals surface area contributed by atoms with E-state index in [9.17, 15) is 4.79 Å². The first-order valence-corrected chi connectivity index (χ1v) is 10.4. The average molecular weight is 423 g/mol. The SMILES string of the molecule is Cc1cc(NC(=O)Cc2csc(-c3ccccc3Cl)n2)n(Cc2ccccc2)n1. The number of benzene rings is 2. The third-order valence-corrected chi connectivity index (χ3v) is 5.60. The van der Waals surface area contributed by atoms with E-state index in [-0.39, 0.29) is 12.3 Å². The topological polar surface area (TPSA) is 59.8 Å². The van der Waals surface area contributed by atoms with Gasteiger partial charge in [0.05, 0.1) is 29.4 Å². The van der Waals surface area contributed by atoms with Crippen LogP contribution in [-0.2, 0) is 17.8 Å². The Balaban J connectivity index is 1.45. The van der Waals surface area contributed by atoms with Gasteiger partial charge in [0.25, 0.3) is 0 Å². The Bertz CT molecular complexity index is 1140. The normalized spacial score (nSPS) is 10.8. The largest absolute Gasteiger partial charge is 0.311 e. The van der Waals surface area contributed by atoms with Crippen molar-refractivity contribution in [2.24, 2.45) is 0 Å². The van der Waals surface area contributed by atoms with Gasteiger partial charge >= 0.3 is 0 Å². The highest BCUT2D eigenvalue weighted by molar-refractivity contribution is 7.13. The zero-order valence-corrected chi connectivity index (χ0v) is 17.4. The third kappa shape index (κ3) is 4.72. The van der Waals surface area contributed by atoms with E-state index in [0.717, 1.165) is 21.8 Å². The molecular formula is C22H19ClN4OS. The molecule has 0 atom stereocenters. The van der Waals surface area contributed by atoms with E-state index >= 15 is 0 Å². The van der Waals surface area contributed by atoms with Crippen LogP contribution in [0.5, 0.6) is 0 Å². The summed E-state index contributed by atoms with van der Waals surface area (Å²) in [6, 6.07) is 19.5. The molecule has 29 heavy (non-hydrogen) atoms. The lowest BCUT2D eigenvalue weighted by molar-refractivity contribution is -0.115. The van der Waals surface area contributed by atoms with E-state index in [2.05, 4.69) is 15.4 Å². The van der Waals surface area contributed by atoms with Crippen molar-refractivity contribution in [1.82, 2.24) is 14.8 Å². The van der Waals surface area contributed by atoms with Gasteiger partial charge in [0.15, 0.2) is 0 Å². The van der Waals surface area contributed by atoms with Crippen LogP contribution in [0.15, 0.2) is 66.0 Å². The van der Waals surface area contributed by atoms with Crippen molar-refractivity contribution in [3.8, 4) is 10.6 Å². The molecule has 4 aromatic rings. The van der Waals surface area contributed by atoms with Crippen LogP contribution < -0.4 is 5.32 Å². The summed E-state index contributed by atoms with van der Waals surface area (Å²) in [5.74, 6) is 0.549. The Hall–Kier alpha value is -2.96. The van der Waals surface area contributed by atoms with E-state index in [4.69, 9.17) is 11.6 Å². The first-order valence-electron chi connectivity index (χ1n) is 9.16. The molecule has 2 heterocycles. The molecule has 146 valence electrons. The van der Waals surface area contributed by atoms with Crippen molar-refractivity contribution in [1.29, 1.82) is 0 Å². The van der Waals surface area contributed by atoms with E-state index < -0.39 is 0 Å². The quantitative estimate of drug-likeness (QED) is 0.464. The third-order valence-electron chi connectivity index (χ3n) is 4.34. The lowest BCUT2D eigenvalue weighted by Gasteiger charge is -2.08. The molecule has 0 aliphatic rings. The van der Waals surface area contributed by atoms with Gasteiger partial charge in [0.1, 0.15) is 10.8 Å². The molecule has 0 aliphatic heterocycles. The highest BCUT2D eigenvalue weighted by Gasteiger charge is 2.14. The van der Waals surface area contributed by atoms with Crippen LogP contribution >= 0.6 is 22.9 Å². The summed E-state index contributed by atoms with van der Waals surface area (Å²) >= 11 is 7.73. The van der Waals surface area contributed by atoms with Gasteiger partial charge in [-0.3, -0.25) is 4.79 Å². The molecule has 1 N–H and O–H groups in total. The molecule has 1 amide bonds. The van der Waals surface area contributed by atoms with Crippen LogP contribution in [0.25, 0.3) is 10.6 Å². The zero-order valence-electron chi connectivity index (χ0n) is 15.8. The molecule has 4 rings (SSSR count). The predicted octanol–water partition coefficient (Wildman–Crippen LogP) is 5.20. The summed E-state index contributed by atoms with van der Waals surface area (Å²) in [6.07, 6.45) is 0.191. The molecule has 0 bridgehead atoms. The van der Waals surface area contributed by atoms with Crippen molar-refractivity contribution < 1.29 is 4.79 Å². The number of carbonyl (C=O) groups is 1. The van der Waals surface area contributed by atoms with E-state index in [1.165, 1.54) is 11.3 Å². The second kappa shape index (κ2) is 8.59. The van der Waals surface area contributed by atoms with Crippen LogP contribution in [0.4, 0.5) is 5.82 Å². The minimum atomic E-state index is -0.129. The number of carbonyl (C=O) groups excluding carboxylic acids is 1. The number of hydrogen-bond acceptors (Lipinski definition) is 4. The molecule has 0 saturated carbocycles. The molecule has 2 aromatic carbocycles. The number of thiazole rings is 1. The molecule has 0 saturated heterocycles. The summed E-state index contributed by atoms with van der Waals surface area (Å²) in [7, 11) is 0. The number of hydrogen-bond donors (Lipinski definition) is 1. The molecule has 0 radical (unpaired) electrons. The maximum absolute atomic E-state index is 12.6.